The summed E-state index contributed by atoms with van der Waals surface area (Å²) >= 11 is 1.38. The molecular weight excluding hydrogens is 372 g/mol. The topological polar surface area (TPSA) is 82.0 Å². The third-order valence-corrected chi connectivity index (χ3v) is 5.43. The van der Waals surface area contributed by atoms with E-state index < -0.39 is 5.91 Å². The normalized spacial score (nSPS) is 17.8. The number of aliphatic imine (C=N–C) groups is 1. The molecule has 0 atom stereocenters. The van der Waals surface area contributed by atoms with E-state index in [0.717, 1.165) is 36.3 Å². The molecule has 0 fully saturated rings. The van der Waals surface area contributed by atoms with Crippen LogP contribution in [0.4, 0.5) is 0 Å². The molecule has 142 valence electrons. The molecule has 0 bridgehead atoms. The fourth-order valence-electron chi connectivity index (χ4n) is 2.99. The zero-order chi connectivity index (χ0) is 19.5. The summed E-state index contributed by atoms with van der Waals surface area (Å²) in [4.78, 5) is 16.6. The van der Waals surface area contributed by atoms with Crippen LogP contribution in [0.2, 0.25) is 0 Å². The van der Waals surface area contributed by atoms with E-state index in [1.54, 1.807) is 12.1 Å². The van der Waals surface area contributed by atoms with Crippen LogP contribution >= 0.6 is 11.8 Å². The van der Waals surface area contributed by atoms with Crippen molar-refractivity contribution < 1.29 is 9.21 Å². The van der Waals surface area contributed by atoms with E-state index in [-0.39, 0.29) is 11.4 Å². The summed E-state index contributed by atoms with van der Waals surface area (Å²) in [5, 5.41) is 15.7. The highest BCUT2D eigenvalue weighted by Crippen LogP contribution is 2.31. The molecule has 0 spiro atoms. The van der Waals surface area contributed by atoms with Gasteiger partial charge in [-0.1, -0.05) is 50.1 Å². The quantitative estimate of drug-likeness (QED) is 0.545. The van der Waals surface area contributed by atoms with Crippen molar-refractivity contribution in [2.45, 2.75) is 32.6 Å². The van der Waals surface area contributed by atoms with E-state index in [0.29, 0.717) is 16.7 Å². The predicted octanol–water partition coefficient (Wildman–Crippen LogP) is 5.15. The molecule has 28 heavy (non-hydrogen) atoms. The lowest BCUT2D eigenvalue weighted by molar-refractivity contribution is -0.114. The third-order valence-electron chi connectivity index (χ3n) is 4.46. The highest BCUT2D eigenvalue weighted by molar-refractivity contribution is 8.26. The number of hydrazone groups is 1. The third kappa shape index (κ3) is 3.71. The van der Waals surface area contributed by atoms with E-state index in [9.17, 15) is 4.79 Å². The molecule has 2 aliphatic heterocycles. The number of fused-ring (bicyclic) bond motifs is 1. The van der Waals surface area contributed by atoms with Crippen molar-refractivity contribution in [1.29, 1.82) is 5.41 Å². The molecule has 1 amide bonds. The van der Waals surface area contributed by atoms with Gasteiger partial charge in [0.1, 0.15) is 16.6 Å². The first-order valence-corrected chi connectivity index (χ1v) is 10.1. The van der Waals surface area contributed by atoms with Gasteiger partial charge in [0.25, 0.3) is 5.91 Å². The molecule has 3 heterocycles. The van der Waals surface area contributed by atoms with Crippen molar-refractivity contribution in [2.75, 3.05) is 0 Å². The minimum Gasteiger partial charge on any atom is -0.457 e. The fourth-order valence-corrected chi connectivity index (χ4v) is 3.92. The molecule has 0 saturated heterocycles. The van der Waals surface area contributed by atoms with Gasteiger partial charge in [-0.05, 0) is 42.8 Å². The van der Waals surface area contributed by atoms with Crippen LogP contribution in [0.25, 0.3) is 17.4 Å². The number of hydrogen-bond donors (Lipinski definition) is 1. The van der Waals surface area contributed by atoms with Crippen LogP contribution in [0.3, 0.4) is 0 Å². The van der Waals surface area contributed by atoms with Crippen molar-refractivity contribution in [3.63, 3.8) is 0 Å². The SMILES string of the molecule is CCCCCC1=NN2C(=N)C(=Cc3ccc(-c4ccccc4)o3)C(=O)N=C2S1. The van der Waals surface area contributed by atoms with Crippen LogP contribution in [0, 0.1) is 5.41 Å². The Labute approximate surface area is 167 Å². The second-order valence-electron chi connectivity index (χ2n) is 6.54. The largest absolute Gasteiger partial charge is 0.457 e. The Hall–Kier alpha value is -2.93. The minimum atomic E-state index is -0.439. The molecule has 1 aromatic heterocycles. The fraction of sp³-hybridized carbons (Fsp3) is 0.238. The molecule has 1 N–H and O–H groups in total. The number of rotatable bonds is 6. The molecule has 0 radical (unpaired) electrons. The summed E-state index contributed by atoms with van der Waals surface area (Å²) in [6.45, 7) is 2.15. The Morgan fingerprint density at radius 2 is 2.00 bits per heavy atom. The number of nitrogens with one attached hydrogen (secondary N) is 1. The molecule has 6 nitrogen and oxygen atoms in total. The van der Waals surface area contributed by atoms with Crippen LogP contribution < -0.4 is 0 Å². The lowest BCUT2D eigenvalue weighted by Gasteiger charge is -2.19. The van der Waals surface area contributed by atoms with Crippen molar-refractivity contribution >= 4 is 39.8 Å². The molecule has 1 aromatic carbocycles. The molecular formula is C21H20N4O2S. The maximum absolute atomic E-state index is 12.5. The monoisotopic (exact) mass is 392 g/mol. The number of amides is 1. The smallest absolute Gasteiger partial charge is 0.283 e. The van der Waals surface area contributed by atoms with Gasteiger partial charge >= 0.3 is 0 Å². The summed E-state index contributed by atoms with van der Waals surface area (Å²) in [5.74, 6) is 0.807. The van der Waals surface area contributed by atoms with Crippen LogP contribution in [-0.2, 0) is 4.79 Å². The van der Waals surface area contributed by atoms with Crippen molar-refractivity contribution in [3.8, 4) is 11.3 Å². The lowest BCUT2D eigenvalue weighted by Crippen LogP contribution is -2.35. The molecule has 0 saturated carbocycles. The number of thioether (sulfide) groups is 1. The second kappa shape index (κ2) is 7.98. The Bertz CT molecular complexity index is 1000. The van der Waals surface area contributed by atoms with Gasteiger partial charge in [0.15, 0.2) is 5.84 Å². The average molecular weight is 392 g/mol. The summed E-state index contributed by atoms with van der Waals surface area (Å²) in [5.41, 5.74) is 1.13. The number of furan rings is 1. The second-order valence-corrected chi connectivity index (χ2v) is 7.58. The van der Waals surface area contributed by atoms with Gasteiger partial charge in [-0.15, -0.1) is 0 Å². The van der Waals surface area contributed by atoms with Gasteiger partial charge in [0.2, 0.25) is 5.17 Å². The van der Waals surface area contributed by atoms with Gasteiger partial charge in [-0.25, -0.2) is 0 Å². The Morgan fingerprint density at radius 3 is 2.79 bits per heavy atom. The van der Waals surface area contributed by atoms with Crippen LogP contribution in [0.5, 0.6) is 0 Å². The molecule has 0 unspecified atom stereocenters. The first-order valence-electron chi connectivity index (χ1n) is 9.30. The van der Waals surface area contributed by atoms with Crippen LogP contribution in [0.15, 0.2) is 62.5 Å². The highest BCUT2D eigenvalue weighted by atomic mass is 32.2. The molecule has 7 heteroatoms. The average Bonchev–Trinajstić information content (AvgIpc) is 3.33. The van der Waals surface area contributed by atoms with Crippen molar-refractivity contribution in [1.82, 2.24) is 5.01 Å². The number of hydrogen-bond acceptors (Lipinski definition) is 5. The number of carbonyl (C=O) groups excluding carboxylic acids is 1. The Morgan fingerprint density at radius 1 is 1.18 bits per heavy atom. The summed E-state index contributed by atoms with van der Waals surface area (Å²) < 4.78 is 5.83. The van der Waals surface area contributed by atoms with Gasteiger partial charge in [-0.2, -0.15) is 15.1 Å². The Balaban J connectivity index is 1.56. The van der Waals surface area contributed by atoms with E-state index >= 15 is 0 Å². The molecule has 2 aliphatic rings. The van der Waals surface area contributed by atoms with Gasteiger partial charge in [-0.3, -0.25) is 10.2 Å². The van der Waals surface area contributed by atoms with Crippen molar-refractivity contribution in [2.24, 2.45) is 10.1 Å². The van der Waals surface area contributed by atoms with E-state index in [1.807, 2.05) is 36.4 Å². The molecule has 2 aromatic rings. The summed E-state index contributed by atoms with van der Waals surface area (Å²) in [7, 11) is 0. The first-order chi connectivity index (χ1) is 13.7. The molecule has 4 rings (SSSR count). The van der Waals surface area contributed by atoms with Crippen molar-refractivity contribution in [3.05, 3.63) is 53.8 Å². The predicted molar refractivity (Wildman–Crippen MR) is 113 cm³/mol. The Kier molecular flexibility index (Phi) is 5.25. The van der Waals surface area contributed by atoms with Crippen LogP contribution in [0.1, 0.15) is 38.4 Å². The van der Waals surface area contributed by atoms with E-state index in [1.165, 1.54) is 16.8 Å². The number of benzene rings is 1. The maximum Gasteiger partial charge on any atom is 0.283 e. The molecule has 0 aliphatic carbocycles. The zero-order valence-electron chi connectivity index (χ0n) is 15.5. The standard InChI is InChI=1S/C21H20N4O2S/c1-2-3-5-10-18-24-25-19(22)16(20(26)23-21(25)28-18)13-15-11-12-17(27-15)14-8-6-4-7-9-14/h4,6-9,11-13,22H,2-3,5,10H2,1H3. The van der Waals surface area contributed by atoms with Gasteiger partial charge < -0.3 is 4.42 Å². The number of nitrogens with zero attached hydrogens (tertiary/aromatic N) is 3. The van der Waals surface area contributed by atoms with Crippen LogP contribution in [-0.4, -0.2) is 27.0 Å². The maximum atomic E-state index is 12.5. The highest BCUT2D eigenvalue weighted by Gasteiger charge is 2.35. The van der Waals surface area contributed by atoms with E-state index in [2.05, 4.69) is 17.0 Å². The first kappa shape index (κ1) is 18.4. The summed E-state index contributed by atoms with van der Waals surface area (Å²) in [6.07, 6.45) is 5.72. The van der Waals surface area contributed by atoms with Gasteiger partial charge in [0, 0.05) is 5.56 Å². The number of amidine groups is 2. The van der Waals surface area contributed by atoms with Gasteiger partial charge in [0.05, 0.1) is 5.57 Å². The lowest BCUT2D eigenvalue weighted by atomic mass is 10.1. The summed E-state index contributed by atoms with van der Waals surface area (Å²) in [6, 6.07) is 13.4. The van der Waals surface area contributed by atoms with E-state index in [4.69, 9.17) is 9.83 Å². The minimum absolute atomic E-state index is 0.0330. The number of carbonyl (C=O) groups is 1. The number of unbranched alkanes of at least 4 members (excludes halogenated alkanes) is 2. The zero-order valence-corrected chi connectivity index (χ0v) is 16.3.